The van der Waals surface area contributed by atoms with E-state index >= 15 is 0 Å². The summed E-state index contributed by atoms with van der Waals surface area (Å²) in [7, 11) is 0. The summed E-state index contributed by atoms with van der Waals surface area (Å²) in [5, 5.41) is 10.2. The number of nitrogens with zero attached hydrogens (tertiary/aromatic N) is 3. The van der Waals surface area contributed by atoms with Gasteiger partial charge in [0.2, 0.25) is 0 Å². The Hall–Kier alpha value is -2.17. The fourth-order valence-electron chi connectivity index (χ4n) is 3.49. The molecule has 2 aromatic heterocycles. The number of rotatable bonds is 3. The Morgan fingerprint density at radius 3 is 2.71 bits per heavy atom. The topological polar surface area (TPSA) is 40.8 Å². The van der Waals surface area contributed by atoms with Crippen LogP contribution in [0, 0.1) is 5.92 Å². The quantitative estimate of drug-likeness (QED) is 0.805. The van der Waals surface area contributed by atoms with E-state index in [0.29, 0.717) is 5.92 Å². The number of piperidine rings is 1. The van der Waals surface area contributed by atoms with E-state index in [1.165, 1.54) is 5.69 Å². The second kappa shape index (κ2) is 6.38. The van der Waals surface area contributed by atoms with Crippen molar-refractivity contribution < 1.29 is 5.11 Å². The van der Waals surface area contributed by atoms with E-state index in [4.69, 9.17) is 4.98 Å². The van der Waals surface area contributed by atoms with E-state index in [0.717, 1.165) is 43.0 Å². The minimum atomic E-state index is -0.238. The summed E-state index contributed by atoms with van der Waals surface area (Å²) >= 11 is 0. The van der Waals surface area contributed by atoms with E-state index < -0.39 is 0 Å². The van der Waals surface area contributed by atoms with Gasteiger partial charge in [0.05, 0.1) is 17.5 Å². The summed E-state index contributed by atoms with van der Waals surface area (Å²) in [6, 6.07) is 16.5. The zero-order chi connectivity index (χ0) is 16.5. The number of aromatic nitrogens is 2. The molecule has 3 aromatic rings. The highest BCUT2D eigenvalue weighted by molar-refractivity contribution is 5.66. The number of hydrogen-bond acceptors (Lipinski definition) is 3. The second-order valence-electron chi connectivity index (χ2n) is 6.77. The molecule has 1 N–H and O–H groups in total. The number of pyridine rings is 1. The van der Waals surface area contributed by atoms with Crippen LogP contribution in [-0.2, 0) is 6.54 Å². The highest BCUT2D eigenvalue weighted by Gasteiger charge is 2.26. The molecule has 0 amide bonds. The molecule has 0 radical (unpaired) electrons. The normalized spacial score (nSPS) is 22.1. The monoisotopic (exact) mass is 321 g/mol. The maximum atomic E-state index is 10.2. The lowest BCUT2D eigenvalue weighted by Gasteiger charge is -2.34. The van der Waals surface area contributed by atoms with E-state index in [-0.39, 0.29) is 6.10 Å². The van der Waals surface area contributed by atoms with Gasteiger partial charge in [0.1, 0.15) is 5.65 Å². The third kappa shape index (κ3) is 2.83. The molecule has 1 aliphatic rings. The lowest BCUT2D eigenvalue weighted by Crippen LogP contribution is -2.42. The number of hydrogen-bond donors (Lipinski definition) is 1. The first kappa shape index (κ1) is 15.4. The Morgan fingerprint density at radius 1 is 1.12 bits per heavy atom. The SMILES string of the molecule is CC1CCN(Cc2c(-c3ccccc3)nc3ccccn23)CC1O. The fourth-order valence-corrected chi connectivity index (χ4v) is 3.49. The van der Waals surface area contributed by atoms with Crippen LogP contribution < -0.4 is 0 Å². The molecule has 4 nitrogen and oxygen atoms in total. The van der Waals surface area contributed by atoms with Crippen molar-refractivity contribution in [3.8, 4) is 11.3 Å². The van der Waals surface area contributed by atoms with Crippen LogP contribution in [0.25, 0.3) is 16.9 Å². The van der Waals surface area contributed by atoms with Crippen LogP contribution in [0.4, 0.5) is 0 Å². The standard InChI is InChI=1S/C20H23N3O/c1-15-10-12-22(14-18(15)24)13-17-20(16-7-3-2-4-8-16)21-19-9-5-6-11-23(17)19/h2-9,11,15,18,24H,10,12-14H2,1H3. The van der Waals surface area contributed by atoms with Gasteiger partial charge in [-0.3, -0.25) is 4.90 Å². The number of likely N-dealkylation sites (tertiary alicyclic amines) is 1. The molecule has 0 aliphatic carbocycles. The average molecular weight is 321 g/mol. The summed E-state index contributed by atoms with van der Waals surface area (Å²) in [6.45, 7) is 4.69. The van der Waals surface area contributed by atoms with Crippen LogP contribution in [0.2, 0.25) is 0 Å². The van der Waals surface area contributed by atoms with E-state index in [1.54, 1.807) is 0 Å². The van der Waals surface area contributed by atoms with Crippen molar-refractivity contribution >= 4 is 5.65 Å². The summed E-state index contributed by atoms with van der Waals surface area (Å²) in [4.78, 5) is 7.20. The zero-order valence-electron chi connectivity index (χ0n) is 14.0. The number of fused-ring (bicyclic) bond motifs is 1. The van der Waals surface area contributed by atoms with Gasteiger partial charge < -0.3 is 9.51 Å². The Bertz CT molecular complexity index is 827. The molecule has 1 aromatic carbocycles. The van der Waals surface area contributed by atoms with Crippen molar-refractivity contribution in [2.45, 2.75) is 26.0 Å². The average Bonchev–Trinajstić information content (AvgIpc) is 2.98. The van der Waals surface area contributed by atoms with Crippen LogP contribution in [0.15, 0.2) is 54.7 Å². The molecule has 3 heterocycles. The van der Waals surface area contributed by atoms with Gasteiger partial charge in [0.25, 0.3) is 0 Å². The molecular weight excluding hydrogens is 298 g/mol. The number of aliphatic hydroxyl groups excluding tert-OH is 1. The van der Waals surface area contributed by atoms with Crippen LogP contribution in [0.1, 0.15) is 19.0 Å². The predicted molar refractivity (Wildman–Crippen MR) is 95.7 cm³/mol. The van der Waals surface area contributed by atoms with Crippen molar-refractivity contribution in [3.63, 3.8) is 0 Å². The predicted octanol–water partition coefficient (Wildman–Crippen LogP) is 3.20. The maximum Gasteiger partial charge on any atom is 0.137 e. The fraction of sp³-hybridized carbons (Fsp3) is 0.350. The maximum absolute atomic E-state index is 10.2. The number of imidazole rings is 1. The first-order valence-electron chi connectivity index (χ1n) is 8.64. The summed E-state index contributed by atoms with van der Waals surface area (Å²) in [5.74, 6) is 0.386. The number of benzene rings is 1. The molecule has 2 unspecified atom stereocenters. The van der Waals surface area contributed by atoms with Gasteiger partial charge in [-0.15, -0.1) is 0 Å². The van der Waals surface area contributed by atoms with Crippen molar-refractivity contribution in [2.24, 2.45) is 5.92 Å². The van der Waals surface area contributed by atoms with Gasteiger partial charge in [-0.2, -0.15) is 0 Å². The van der Waals surface area contributed by atoms with Crippen LogP contribution in [-0.4, -0.2) is 38.6 Å². The molecule has 0 spiro atoms. The van der Waals surface area contributed by atoms with Crippen molar-refractivity contribution in [2.75, 3.05) is 13.1 Å². The van der Waals surface area contributed by atoms with Crippen LogP contribution in [0.5, 0.6) is 0 Å². The molecule has 2 atom stereocenters. The third-order valence-corrected chi connectivity index (χ3v) is 5.05. The number of aliphatic hydroxyl groups is 1. The smallest absolute Gasteiger partial charge is 0.137 e. The van der Waals surface area contributed by atoms with Gasteiger partial charge in [-0.25, -0.2) is 4.98 Å². The first-order chi connectivity index (χ1) is 11.7. The molecule has 0 bridgehead atoms. The molecule has 4 heteroatoms. The van der Waals surface area contributed by atoms with Crippen molar-refractivity contribution in [3.05, 3.63) is 60.4 Å². The van der Waals surface area contributed by atoms with E-state index in [1.807, 2.05) is 24.3 Å². The zero-order valence-corrected chi connectivity index (χ0v) is 14.0. The van der Waals surface area contributed by atoms with Gasteiger partial charge in [0, 0.05) is 24.8 Å². The third-order valence-electron chi connectivity index (χ3n) is 5.05. The van der Waals surface area contributed by atoms with E-state index in [2.05, 4.69) is 46.7 Å². The highest BCUT2D eigenvalue weighted by atomic mass is 16.3. The lowest BCUT2D eigenvalue weighted by molar-refractivity contribution is 0.0254. The van der Waals surface area contributed by atoms with Gasteiger partial charge in [0.15, 0.2) is 0 Å². The van der Waals surface area contributed by atoms with Crippen LogP contribution in [0.3, 0.4) is 0 Å². The molecule has 1 saturated heterocycles. The summed E-state index contributed by atoms with van der Waals surface area (Å²) in [6.07, 6.45) is 2.88. The molecule has 1 fully saturated rings. The molecule has 4 rings (SSSR count). The number of β-amino-alcohol motifs (C(OH)–C–C–N with tert-alkyl or cyclic N) is 1. The Labute approximate surface area is 142 Å². The van der Waals surface area contributed by atoms with Gasteiger partial charge >= 0.3 is 0 Å². The first-order valence-corrected chi connectivity index (χ1v) is 8.64. The van der Waals surface area contributed by atoms with Crippen LogP contribution >= 0.6 is 0 Å². The highest BCUT2D eigenvalue weighted by Crippen LogP contribution is 2.27. The summed E-state index contributed by atoms with van der Waals surface area (Å²) in [5.41, 5.74) is 4.34. The van der Waals surface area contributed by atoms with E-state index in [9.17, 15) is 5.11 Å². The minimum Gasteiger partial charge on any atom is -0.392 e. The van der Waals surface area contributed by atoms with Gasteiger partial charge in [-0.05, 0) is 31.0 Å². The van der Waals surface area contributed by atoms with Crippen molar-refractivity contribution in [1.29, 1.82) is 0 Å². The summed E-state index contributed by atoms with van der Waals surface area (Å²) < 4.78 is 2.17. The Morgan fingerprint density at radius 2 is 1.92 bits per heavy atom. The second-order valence-corrected chi connectivity index (χ2v) is 6.77. The van der Waals surface area contributed by atoms with Crippen molar-refractivity contribution in [1.82, 2.24) is 14.3 Å². The molecular formula is C20H23N3O. The molecule has 0 saturated carbocycles. The lowest BCUT2D eigenvalue weighted by atomic mass is 9.96. The molecule has 24 heavy (non-hydrogen) atoms. The minimum absolute atomic E-state index is 0.238. The Balaban J connectivity index is 1.73. The Kier molecular flexibility index (Phi) is 4.08. The largest absolute Gasteiger partial charge is 0.392 e. The molecule has 124 valence electrons. The molecule has 1 aliphatic heterocycles. The van der Waals surface area contributed by atoms with Gasteiger partial charge in [-0.1, -0.05) is 43.3 Å².